The number of furan rings is 1. The van der Waals surface area contributed by atoms with E-state index in [0.717, 1.165) is 5.39 Å². The number of carbonyl (C=O) groups is 1. The van der Waals surface area contributed by atoms with Gasteiger partial charge in [-0.15, -0.1) is 0 Å². The lowest BCUT2D eigenvalue weighted by Crippen LogP contribution is -2.22. The zero-order valence-corrected chi connectivity index (χ0v) is 18.6. The number of hydrogen-bond acceptors (Lipinski definition) is 5. The summed E-state index contributed by atoms with van der Waals surface area (Å²) in [4.78, 5) is 16.3. The molecule has 0 bridgehead atoms. The van der Waals surface area contributed by atoms with Crippen molar-refractivity contribution in [3.8, 4) is 0 Å². The van der Waals surface area contributed by atoms with E-state index >= 15 is 0 Å². The molecule has 0 spiro atoms. The topological polar surface area (TPSA) is 89.3 Å². The number of pyridine rings is 1. The van der Waals surface area contributed by atoms with Crippen molar-refractivity contribution in [1.82, 2.24) is 10.3 Å². The zero-order valence-electron chi connectivity index (χ0n) is 16.2. The van der Waals surface area contributed by atoms with Crippen molar-refractivity contribution in [2.75, 3.05) is 0 Å². The second-order valence-electron chi connectivity index (χ2n) is 6.86. The number of nitrogens with one attached hydrogen (secondary N) is 1. The number of carbonyl (C=O) groups excluding carboxylic acids is 1. The predicted octanol–water partition coefficient (Wildman–Crippen LogP) is 5.21. The summed E-state index contributed by atoms with van der Waals surface area (Å²) in [6.07, 6.45) is 3.16. The van der Waals surface area contributed by atoms with Crippen LogP contribution in [0, 0.1) is 6.92 Å². The zero-order chi connectivity index (χ0) is 22.2. The summed E-state index contributed by atoms with van der Waals surface area (Å²) >= 11 is 12.3. The number of aromatic nitrogens is 1. The first-order valence-electron chi connectivity index (χ1n) is 9.18. The van der Waals surface area contributed by atoms with Gasteiger partial charge in [0.2, 0.25) is 9.84 Å². The summed E-state index contributed by atoms with van der Waals surface area (Å²) in [5.74, 6) is -0.211. The van der Waals surface area contributed by atoms with E-state index in [1.54, 1.807) is 43.5 Å². The molecule has 2 aromatic heterocycles. The molecule has 0 unspecified atom stereocenters. The number of rotatable bonds is 5. The lowest BCUT2D eigenvalue weighted by molar-refractivity contribution is 0.0925. The van der Waals surface area contributed by atoms with Crippen molar-refractivity contribution < 1.29 is 17.6 Å². The fraction of sp³-hybridized carbons (Fsp3) is 0.0909. The van der Waals surface area contributed by atoms with Crippen molar-refractivity contribution in [3.63, 3.8) is 0 Å². The van der Waals surface area contributed by atoms with Crippen LogP contribution < -0.4 is 5.32 Å². The van der Waals surface area contributed by atoms with Gasteiger partial charge in [-0.1, -0.05) is 41.4 Å². The summed E-state index contributed by atoms with van der Waals surface area (Å²) in [5, 5.41) is 3.69. The Balaban J connectivity index is 1.50. The molecule has 4 aromatic rings. The first-order chi connectivity index (χ1) is 14.8. The number of benzene rings is 2. The van der Waals surface area contributed by atoms with Crippen molar-refractivity contribution in [2.24, 2.45) is 0 Å². The van der Waals surface area contributed by atoms with Crippen LogP contribution in [-0.2, 0) is 16.4 Å². The van der Waals surface area contributed by atoms with Gasteiger partial charge in [0.15, 0.2) is 11.3 Å². The third kappa shape index (κ3) is 4.17. The van der Waals surface area contributed by atoms with E-state index in [-0.39, 0.29) is 38.0 Å². The second-order valence-corrected chi connectivity index (χ2v) is 9.53. The molecule has 1 amide bonds. The van der Waals surface area contributed by atoms with Crippen molar-refractivity contribution in [1.29, 1.82) is 0 Å². The van der Waals surface area contributed by atoms with Crippen LogP contribution in [0.5, 0.6) is 0 Å². The molecule has 2 aromatic carbocycles. The smallest absolute Gasteiger partial charge is 0.287 e. The van der Waals surface area contributed by atoms with Crippen LogP contribution in [0.2, 0.25) is 10.0 Å². The molecule has 158 valence electrons. The lowest BCUT2D eigenvalue weighted by atomic mass is 10.2. The Morgan fingerprint density at radius 3 is 2.55 bits per heavy atom. The van der Waals surface area contributed by atoms with Crippen LogP contribution in [0.25, 0.3) is 11.0 Å². The van der Waals surface area contributed by atoms with Crippen LogP contribution in [0.1, 0.15) is 21.7 Å². The van der Waals surface area contributed by atoms with Gasteiger partial charge in [-0.05, 0) is 48.4 Å². The quantitative estimate of drug-likeness (QED) is 0.428. The Morgan fingerprint density at radius 2 is 1.84 bits per heavy atom. The molecule has 0 aliphatic heterocycles. The van der Waals surface area contributed by atoms with Gasteiger partial charge < -0.3 is 9.73 Å². The molecule has 4 rings (SSSR count). The third-order valence-electron chi connectivity index (χ3n) is 4.74. The van der Waals surface area contributed by atoms with E-state index < -0.39 is 9.84 Å². The summed E-state index contributed by atoms with van der Waals surface area (Å²) in [6.45, 7) is 1.91. The minimum Gasteiger partial charge on any atom is -0.449 e. The Bertz CT molecular complexity index is 1360. The SMILES string of the molecule is Cc1ccc(Cl)c(S(=O)(=O)c2ccc(CNC(=O)c3cc4ccncc4o3)cc2)c1Cl. The van der Waals surface area contributed by atoms with Crippen LogP contribution in [0.3, 0.4) is 0 Å². The van der Waals surface area contributed by atoms with Gasteiger partial charge in [0.05, 0.1) is 21.1 Å². The van der Waals surface area contributed by atoms with E-state index in [0.29, 0.717) is 16.7 Å². The third-order valence-corrected chi connectivity index (χ3v) is 7.62. The molecule has 0 fully saturated rings. The number of aryl methyl sites for hydroxylation is 1. The van der Waals surface area contributed by atoms with Gasteiger partial charge >= 0.3 is 0 Å². The number of sulfone groups is 1. The van der Waals surface area contributed by atoms with Gasteiger partial charge in [0.25, 0.3) is 5.91 Å². The van der Waals surface area contributed by atoms with Crippen LogP contribution >= 0.6 is 23.2 Å². The molecule has 31 heavy (non-hydrogen) atoms. The van der Waals surface area contributed by atoms with Crippen LogP contribution in [0.4, 0.5) is 0 Å². The normalized spacial score (nSPS) is 11.6. The fourth-order valence-electron chi connectivity index (χ4n) is 3.05. The summed E-state index contributed by atoms with van der Waals surface area (Å²) in [7, 11) is -3.90. The van der Waals surface area contributed by atoms with Crippen molar-refractivity contribution in [2.45, 2.75) is 23.3 Å². The fourth-order valence-corrected chi connectivity index (χ4v) is 5.48. The highest BCUT2D eigenvalue weighted by atomic mass is 35.5. The van der Waals surface area contributed by atoms with Gasteiger partial charge in [0, 0.05) is 18.1 Å². The number of hydrogen-bond donors (Lipinski definition) is 1. The Hall–Kier alpha value is -2.87. The molecular weight excluding hydrogens is 459 g/mol. The first kappa shape index (κ1) is 21.4. The molecule has 0 saturated heterocycles. The van der Waals surface area contributed by atoms with E-state index in [9.17, 15) is 13.2 Å². The monoisotopic (exact) mass is 474 g/mol. The van der Waals surface area contributed by atoms with Gasteiger partial charge in [0.1, 0.15) is 4.90 Å². The van der Waals surface area contributed by atoms with E-state index in [1.807, 2.05) is 0 Å². The van der Waals surface area contributed by atoms with E-state index in [2.05, 4.69) is 10.3 Å². The minimum absolute atomic E-state index is 0.0572. The maximum Gasteiger partial charge on any atom is 0.287 e. The molecule has 0 saturated carbocycles. The van der Waals surface area contributed by atoms with Crippen molar-refractivity contribution in [3.05, 3.63) is 87.9 Å². The number of amides is 1. The maximum absolute atomic E-state index is 13.0. The molecule has 2 heterocycles. The predicted molar refractivity (Wildman–Crippen MR) is 118 cm³/mol. The highest BCUT2D eigenvalue weighted by Gasteiger charge is 2.25. The van der Waals surface area contributed by atoms with Gasteiger partial charge in [-0.3, -0.25) is 9.78 Å². The highest BCUT2D eigenvalue weighted by Crippen LogP contribution is 2.35. The van der Waals surface area contributed by atoms with Gasteiger partial charge in [-0.2, -0.15) is 0 Å². The molecule has 0 atom stereocenters. The standard InChI is InChI=1S/C22H16Cl2N2O4S/c1-13-2-7-17(23)21(20(13)24)31(28,29)16-5-3-14(4-6-16)11-26-22(27)18-10-15-8-9-25-12-19(15)30-18/h2-10,12H,11H2,1H3,(H,26,27). The molecular formula is C22H16Cl2N2O4S. The number of nitrogens with zero attached hydrogens (tertiary/aromatic N) is 1. The highest BCUT2D eigenvalue weighted by molar-refractivity contribution is 7.91. The maximum atomic E-state index is 13.0. The molecule has 0 radical (unpaired) electrons. The van der Waals surface area contributed by atoms with E-state index in [4.69, 9.17) is 27.6 Å². The van der Waals surface area contributed by atoms with Crippen LogP contribution in [-0.4, -0.2) is 19.3 Å². The molecule has 1 N–H and O–H groups in total. The van der Waals surface area contributed by atoms with Crippen molar-refractivity contribution >= 4 is 49.9 Å². The Labute approximate surface area is 188 Å². The second kappa shape index (κ2) is 8.34. The number of halogens is 2. The molecule has 0 aliphatic rings. The van der Waals surface area contributed by atoms with Gasteiger partial charge in [-0.25, -0.2) is 8.42 Å². The lowest BCUT2D eigenvalue weighted by Gasteiger charge is -2.11. The Morgan fingerprint density at radius 1 is 1.10 bits per heavy atom. The first-order valence-corrected chi connectivity index (χ1v) is 11.4. The average Bonchev–Trinajstić information content (AvgIpc) is 3.19. The van der Waals surface area contributed by atoms with Crippen LogP contribution in [0.15, 0.2) is 75.1 Å². The number of fused-ring (bicyclic) bond motifs is 1. The summed E-state index contributed by atoms with van der Waals surface area (Å²) in [6, 6.07) is 12.7. The van der Waals surface area contributed by atoms with E-state index in [1.165, 1.54) is 24.4 Å². The Kier molecular flexibility index (Phi) is 5.75. The molecule has 6 nitrogen and oxygen atoms in total. The minimum atomic E-state index is -3.90. The molecule has 0 aliphatic carbocycles. The summed E-state index contributed by atoms with van der Waals surface area (Å²) < 4.78 is 31.5. The largest absolute Gasteiger partial charge is 0.449 e. The summed E-state index contributed by atoms with van der Waals surface area (Å²) in [5.41, 5.74) is 1.85. The average molecular weight is 475 g/mol. The molecule has 9 heteroatoms.